The van der Waals surface area contributed by atoms with Crippen LogP contribution in [0.5, 0.6) is 0 Å². The lowest BCUT2D eigenvalue weighted by molar-refractivity contribution is -0.342. The van der Waals surface area contributed by atoms with Gasteiger partial charge in [-0.25, -0.2) is 9.59 Å². The van der Waals surface area contributed by atoms with Gasteiger partial charge in [0.05, 0.1) is 25.2 Å². The van der Waals surface area contributed by atoms with Crippen molar-refractivity contribution in [1.82, 2.24) is 4.98 Å². The molecule has 17 heteroatoms. The Balaban J connectivity index is 0.000000640. The van der Waals surface area contributed by atoms with Gasteiger partial charge in [-0.1, -0.05) is 346 Å². The van der Waals surface area contributed by atoms with Crippen LogP contribution < -0.4 is 11.6 Å². The molecule has 0 saturated heterocycles. The molecule has 112 heavy (non-hydrogen) atoms. The number of nitrogens with one attached hydrogen (secondary N) is 1. The molecular weight excluding hydrogens is 1420 g/mol. The summed E-state index contributed by atoms with van der Waals surface area (Å²) in [7, 11) is 0. The van der Waals surface area contributed by atoms with Gasteiger partial charge in [0.15, 0.2) is 23.0 Å². The van der Waals surface area contributed by atoms with Gasteiger partial charge in [0.2, 0.25) is 12.6 Å². The van der Waals surface area contributed by atoms with Crippen LogP contribution in [0.25, 0.3) is 0 Å². The minimum atomic E-state index is -3.52. The molecule has 3 aromatic heterocycles. The lowest BCUT2D eigenvalue weighted by Crippen LogP contribution is -2.26. The highest BCUT2D eigenvalue weighted by atomic mass is 19.3. The summed E-state index contributed by atoms with van der Waals surface area (Å²) in [6.07, 6.45) is -0.623. The van der Waals surface area contributed by atoms with Gasteiger partial charge in [0, 0.05) is 96.1 Å². The lowest BCUT2D eigenvalue weighted by atomic mass is 9.69. The van der Waals surface area contributed by atoms with Gasteiger partial charge in [-0.2, -0.15) is 0 Å². The van der Waals surface area contributed by atoms with Gasteiger partial charge in [0.1, 0.15) is 46.1 Å². The van der Waals surface area contributed by atoms with E-state index in [2.05, 4.69) is 263 Å². The standard InChI is InChI=1S/C14H26O.C13H24O2.C12H22O.C12H20O.C11H18F2O2.C11H19NO2.C11H18O3.C11H20O2/c1-12(2,3)10-11(13(4,5)6)15-9-14(10,7)8;1-11(2,3)9-10(12(4,5)6)15-13(7,8)14-9;2*1-11(2,3)9-7-8-13-10(9)12(4,5)6;1-9(2,3)7-8(10(4,5)6)15-11(12,13)14-7;1-10(2,3)7-8(11(4,5)6)14-9(13)12-7;1-10(2,3)7-8(11(4,5)6)14-9(12)13-7;1-10(2,3)8-9(11(4,5)6)13-7-12-8/h9H2,1-8H3;1-8H3;7-8H2,1-6H3;7-8H,1-6H3;1-6H3;1-6H3,(H,12,13);1-6H3;7H2,1-6H3. The van der Waals surface area contributed by atoms with E-state index in [0.29, 0.717) is 18.3 Å². The van der Waals surface area contributed by atoms with E-state index in [1.54, 1.807) is 6.26 Å². The summed E-state index contributed by atoms with van der Waals surface area (Å²) >= 11 is 0. The van der Waals surface area contributed by atoms with Gasteiger partial charge >= 0.3 is 17.9 Å². The zero-order valence-corrected chi connectivity index (χ0v) is 81.5. The van der Waals surface area contributed by atoms with E-state index in [4.69, 9.17) is 46.1 Å². The van der Waals surface area contributed by atoms with E-state index < -0.39 is 28.7 Å². The van der Waals surface area contributed by atoms with Crippen LogP contribution in [0.3, 0.4) is 0 Å². The second-order valence-electron chi connectivity index (χ2n) is 48.4. The number of allylic oxidation sites excluding steroid dienone is 8. The maximum absolute atomic E-state index is 13.0. The maximum Gasteiger partial charge on any atom is 0.585 e. The quantitative estimate of drug-likeness (QED) is 0.225. The summed E-state index contributed by atoms with van der Waals surface area (Å²) in [5.74, 6) is 8.55. The number of ether oxygens (including phenoxy) is 8. The molecule has 650 valence electrons. The van der Waals surface area contributed by atoms with Gasteiger partial charge in [0.25, 0.3) is 0 Å². The molecule has 5 aliphatic heterocycles. The van der Waals surface area contributed by atoms with E-state index in [0.717, 1.165) is 59.9 Å². The van der Waals surface area contributed by atoms with E-state index in [1.165, 1.54) is 28.2 Å². The van der Waals surface area contributed by atoms with Crippen LogP contribution in [-0.2, 0) is 70.4 Å². The van der Waals surface area contributed by atoms with Crippen LogP contribution in [0, 0.1) is 59.6 Å². The highest BCUT2D eigenvalue weighted by Crippen LogP contribution is 2.53. The van der Waals surface area contributed by atoms with E-state index in [-0.39, 0.29) is 98.5 Å². The average Bonchev–Trinajstić information content (AvgIpc) is 1.61. The monoisotopic (exact) mass is 1580 g/mol. The summed E-state index contributed by atoms with van der Waals surface area (Å²) in [5.41, 5.74) is 4.90. The van der Waals surface area contributed by atoms with Crippen LogP contribution in [0.15, 0.2) is 96.8 Å². The Bertz CT molecular complexity index is 3450. The summed E-state index contributed by atoms with van der Waals surface area (Å²) in [6, 6.07) is 2.08. The third kappa shape index (κ3) is 31.4. The lowest BCUT2D eigenvalue weighted by Gasteiger charge is -2.33. The first-order valence-corrected chi connectivity index (χ1v) is 40.6. The second kappa shape index (κ2) is 34.8. The van der Waals surface area contributed by atoms with Gasteiger partial charge in [-0.15, -0.1) is 8.78 Å². The number of hydrogen-bond acceptors (Lipinski definition) is 14. The molecule has 3 aromatic rings. The summed E-state index contributed by atoms with van der Waals surface area (Å²) in [6.45, 7) is 112. The Hall–Kier alpha value is -5.74. The van der Waals surface area contributed by atoms with Crippen LogP contribution >= 0.6 is 0 Å². The van der Waals surface area contributed by atoms with Crippen molar-refractivity contribution in [3.63, 3.8) is 0 Å². The maximum atomic E-state index is 13.0. The molecule has 0 amide bonds. The molecule has 0 saturated carbocycles. The summed E-state index contributed by atoms with van der Waals surface area (Å²) in [5, 5.41) is 0. The number of alkyl halides is 2. The first-order chi connectivity index (χ1) is 48.8. The number of halogens is 2. The van der Waals surface area contributed by atoms with Crippen molar-refractivity contribution < 1.29 is 64.3 Å². The molecule has 0 bridgehead atoms. The van der Waals surface area contributed by atoms with E-state index in [1.807, 2.05) is 118 Å². The highest BCUT2D eigenvalue weighted by Gasteiger charge is 2.52. The minimum absolute atomic E-state index is 0.00359. The number of oxazole rings is 1. The topological polar surface area (TPSA) is 176 Å². The van der Waals surface area contributed by atoms with Crippen LogP contribution in [-0.4, -0.2) is 37.1 Å². The van der Waals surface area contributed by atoms with Crippen molar-refractivity contribution in [2.75, 3.05) is 20.0 Å². The predicted molar refractivity (Wildman–Crippen MR) is 458 cm³/mol. The summed E-state index contributed by atoms with van der Waals surface area (Å²) in [4.78, 5) is 25.0. The van der Waals surface area contributed by atoms with Gasteiger partial charge in [-0.3, -0.25) is 4.98 Å². The Kier molecular flexibility index (Phi) is 32.4. The molecule has 1 N–H and O–H groups in total. The van der Waals surface area contributed by atoms with Crippen LogP contribution in [0.2, 0.25) is 0 Å². The first kappa shape index (κ1) is 104. The number of rotatable bonds is 0. The number of aromatic amines is 1. The zero-order chi connectivity index (χ0) is 89.3. The molecule has 15 nitrogen and oxygen atoms in total. The van der Waals surface area contributed by atoms with Crippen molar-refractivity contribution in [3.8, 4) is 0 Å². The Labute approximate surface area is 681 Å². The van der Waals surface area contributed by atoms with Crippen molar-refractivity contribution in [2.45, 2.75) is 411 Å². The normalized spacial score (nSPS) is 17.9. The number of H-pyrrole nitrogens is 1. The third-order valence-corrected chi connectivity index (χ3v) is 17.8. The van der Waals surface area contributed by atoms with E-state index in [9.17, 15) is 18.4 Å². The Morgan fingerprint density at radius 3 is 0.911 bits per heavy atom. The van der Waals surface area contributed by atoms with Gasteiger partial charge < -0.3 is 55.6 Å². The third-order valence-electron chi connectivity index (χ3n) is 17.8. The number of aromatic nitrogens is 1. The molecule has 0 atom stereocenters. The first-order valence-electron chi connectivity index (χ1n) is 40.6. The van der Waals surface area contributed by atoms with E-state index >= 15 is 0 Å². The number of hydrogen-bond donors (Lipinski definition) is 1. The molecular formula is C95H167F2NO14. The van der Waals surface area contributed by atoms with Crippen LogP contribution in [0.4, 0.5) is 8.78 Å². The molecule has 0 aromatic carbocycles. The van der Waals surface area contributed by atoms with Crippen LogP contribution in [0.1, 0.15) is 401 Å². The fourth-order valence-electron chi connectivity index (χ4n) is 12.9. The molecule has 8 heterocycles. The highest BCUT2D eigenvalue weighted by molar-refractivity contribution is 5.32. The molecule has 0 unspecified atom stereocenters. The van der Waals surface area contributed by atoms with Crippen molar-refractivity contribution in [1.29, 1.82) is 0 Å². The fraction of sp³-hybridized carbons (Fsp3) is 0.789. The molecule has 0 radical (unpaired) electrons. The average molecular weight is 1590 g/mol. The van der Waals surface area contributed by atoms with Gasteiger partial charge in [-0.05, 0) is 39.0 Å². The minimum Gasteiger partial charge on any atom is -0.497 e. The predicted octanol–water partition coefficient (Wildman–Crippen LogP) is 28.7. The van der Waals surface area contributed by atoms with Crippen molar-refractivity contribution in [3.05, 3.63) is 125 Å². The number of furan rings is 1. The molecule has 0 fully saturated rings. The molecule has 5 aliphatic rings. The largest absolute Gasteiger partial charge is 0.585 e. The Morgan fingerprint density at radius 2 is 0.661 bits per heavy atom. The van der Waals surface area contributed by atoms with Crippen molar-refractivity contribution in [2.24, 2.45) is 59.6 Å². The Morgan fingerprint density at radius 1 is 0.330 bits per heavy atom. The zero-order valence-electron chi connectivity index (χ0n) is 81.5. The second-order valence-corrected chi connectivity index (χ2v) is 48.4. The fourth-order valence-corrected chi connectivity index (χ4v) is 12.9. The molecule has 0 aliphatic carbocycles. The summed E-state index contributed by atoms with van der Waals surface area (Å²) < 4.78 is 90.6. The molecule has 0 spiro atoms. The van der Waals surface area contributed by atoms with Crippen molar-refractivity contribution >= 4 is 0 Å². The smallest absolute Gasteiger partial charge is 0.497 e. The molecule has 8 rings (SSSR count). The SMILES string of the molecule is CC(C)(C)C1=C(C(C)(C)C)C(C)(C)CO1.CC(C)(C)C1=C(C(C)(C)C)OC(F)(F)O1.CC(C)(C)C1=C(C(C)(C)C)OCC1.CC(C)(C)C1=C(C(C)(C)C)OCO1.CC(C)(C)c1[nH]c(=O)oc1C(C)(C)C.CC(C)(C)c1ccoc1C(C)(C)C.CC(C)(C)c1oc(=O)oc1C(C)(C)C.CC1(C)OC(C(C)(C)C)=C(C(C)(C)C)O1.